The first-order valence-electron chi connectivity index (χ1n) is 5.46. The van der Waals surface area contributed by atoms with Crippen LogP contribution in [0.5, 0.6) is 0 Å². The molecule has 2 rings (SSSR count). The largest absolute Gasteiger partial charge is 0.0648 e. The van der Waals surface area contributed by atoms with Crippen molar-refractivity contribution in [3.05, 3.63) is 33.8 Å². The van der Waals surface area contributed by atoms with Crippen LogP contribution in [-0.2, 0) is 12.8 Å². The first-order valence-corrected chi connectivity index (χ1v) is 6.26. The summed E-state index contributed by atoms with van der Waals surface area (Å²) in [6.45, 7) is 4.65. The summed E-state index contributed by atoms with van der Waals surface area (Å²) >= 11 is 3.55. The molecule has 1 aliphatic rings. The molecule has 0 atom stereocenters. The molecule has 1 heteroatoms. The van der Waals surface area contributed by atoms with Crippen molar-refractivity contribution in [2.75, 3.05) is 0 Å². The molecule has 0 heterocycles. The van der Waals surface area contributed by atoms with Gasteiger partial charge >= 0.3 is 0 Å². The third kappa shape index (κ3) is 1.63. The molecule has 0 N–H and O–H groups in total. The molecule has 0 saturated heterocycles. The first-order chi connectivity index (χ1) is 6.69. The molecule has 0 unspecified atom stereocenters. The summed E-state index contributed by atoms with van der Waals surface area (Å²) in [5, 5.41) is 0. The van der Waals surface area contributed by atoms with Gasteiger partial charge < -0.3 is 0 Å². The monoisotopic (exact) mass is 252 g/mol. The molecule has 0 amide bonds. The lowest BCUT2D eigenvalue weighted by molar-refractivity contribution is 0.280. The highest BCUT2D eigenvalue weighted by Crippen LogP contribution is 2.42. The van der Waals surface area contributed by atoms with E-state index < -0.39 is 0 Å². The van der Waals surface area contributed by atoms with Gasteiger partial charge in [0, 0.05) is 4.47 Å². The van der Waals surface area contributed by atoms with Crippen LogP contribution in [0.25, 0.3) is 0 Å². The highest BCUT2D eigenvalue weighted by Gasteiger charge is 2.33. The molecule has 1 aromatic carbocycles. The Kier molecular flexibility index (Phi) is 2.70. The molecule has 0 aromatic heterocycles. The summed E-state index contributed by atoms with van der Waals surface area (Å²) in [4.78, 5) is 0. The Hall–Kier alpha value is -0.300. The summed E-state index contributed by atoms with van der Waals surface area (Å²) in [5.41, 5.74) is 3.68. The molecule has 0 fully saturated rings. The molecule has 0 radical (unpaired) electrons. The van der Waals surface area contributed by atoms with E-state index in [0.29, 0.717) is 5.41 Å². The molecule has 14 heavy (non-hydrogen) atoms. The van der Waals surface area contributed by atoms with E-state index in [2.05, 4.69) is 48.0 Å². The van der Waals surface area contributed by atoms with E-state index in [-0.39, 0.29) is 0 Å². The lowest BCUT2D eigenvalue weighted by Gasteiger charge is -2.25. The summed E-state index contributed by atoms with van der Waals surface area (Å²) < 4.78 is 1.22. The molecule has 0 saturated carbocycles. The topological polar surface area (TPSA) is 0 Å². The first kappa shape index (κ1) is 10.2. The third-order valence-corrected chi connectivity index (χ3v) is 4.29. The Labute approximate surface area is 94.8 Å². The second-order valence-electron chi connectivity index (χ2n) is 4.47. The van der Waals surface area contributed by atoms with Crippen molar-refractivity contribution in [1.29, 1.82) is 0 Å². The van der Waals surface area contributed by atoms with Crippen LogP contribution in [0.4, 0.5) is 0 Å². The van der Waals surface area contributed by atoms with Crippen molar-refractivity contribution >= 4 is 15.9 Å². The van der Waals surface area contributed by atoms with E-state index in [1.54, 1.807) is 11.1 Å². The van der Waals surface area contributed by atoms with Gasteiger partial charge in [0.2, 0.25) is 0 Å². The van der Waals surface area contributed by atoms with Gasteiger partial charge in [-0.3, -0.25) is 0 Å². The van der Waals surface area contributed by atoms with Crippen LogP contribution in [0.3, 0.4) is 0 Å². The SMILES string of the molecule is CCC1(CC)Cc2ccc(Br)cc2C1. The van der Waals surface area contributed by atoms with Gasteiger partial charge in [0.15, 0.2) is 0 Å². The van der Waals surface area contributed by atoms with Crippen LogP contribution < -0.4 is 0 Å². The second-order valence-corrected chi connectivity index (χ2v) is 5.39. The minimum absolute atomic E-state index is 0.559. The number of hydrogen-bond acceptors (Lipinski definition) is 0. The van der Waals surface area contributed by atoms with E-state index in [1.165, 1.54) is 30.2 Å². The molecule has 0 bridgehead atoms. The van der Waals surface area contributed by atoms with Crippen molar-refractivity contribution in [1.82, 2.24) is 0 Å². The number of rotatable bonds is 2. The highest BCUT2D eigenvalue weighted by atomic mass is 79.9. The number of fused-ring (bicyclic) bond motifs is 1. The van der Waals surface area contributed by atoms with E-state index in [9.17, 15) is 0 Å². The fourth-order valence-electron chi connectivity index (χ4n) is 2.55. The Morgan fingerprint density at radius 1 is 1.14 bits per heavy atom. The van der Waals surface area contributed by atoms with Gasteiger partial charge in [-0.05, 0) is 54.4 Å². The van der Waals surface area contributed by atoms with Crippen LogP contribution in [0.2, 0.25) is 0 Å². The standard InChI is InChI=1S/C13H17Br/c1-3-13(4-2)8-10-5-6-12(14)7-11(10)9-13/h5-7H,3-4,8-9H2,1-2H3. The fraction of sp³-hybridized carbons (Fsp3) is 0.538. The quantitative estimate of drug-likeness (QED) is 0.734. The summed E-state index contributed by atoms with van der Waals surface area (Å²) in [7, 11) is 0. The lowest BCUT2D eigenvalue weighted by atomic mass is 9.80. The Morgan fingerprint density at radius 3 is 2.43 bits per heavy atom. The zero-order valence-corrected chi connectivity index (χ0v) is 10.5. The maximum Gasteiger partial charge on any atom is 0.0178 e. The number of halogens is 1. The minimum atomic E-state index is 0.559. The summed E-state index contributed by atoms with van der Waals surface area (Å²) in [5.74, 6) is 0. The normalized spacial score (nSPS) is 18.2. The second kappa shape index (κ2) is 3.69. The van der Waals surface area contributed by atoms with Crippen molar-refractivity contribution in [2.24, 2.45) is 5.41 Å². The average molecular weight is 253 g/mol. The van der Waals surface area contributed by atoms with Crippen LogP contribution in [0.1, 0.15) is 37.8 Å². The number of benzene rings is 1. The summed E-state index contributed by atoms with van der Waals surface area (Å²) in [6, 6.07) is 6.75. The van der Waals surface area contributed by atoms with Gasteiger partial charge in [-0.2, -0.15) is 0 Å². The molecular formula is C13H17Br. The van der Waals surface area contributed by atoms with Crippen LogP contribution >= 0.6 is 15.9 Å². The van der Waals surface area contributed by atoms with Gasteiger partial charge in [-0.15, -0.1) is 0 Å². The molecule has 76 valence electrons. The molecular weight excluding hydrogens is 236 g/mol. The summed E-state index contributed by atoms with van der Waals surface area (Å²) in [6.07, 6.45) is 5.16. The van der Waals surface area contributed by atoms with Gasteiger partial charge in [0.25, 0.3) is 0 Å². The Balaban J connectivity index is 2.33. The van der Waals surface area contributed by atoms with Crippen molar-refractivity contribution < 1.29 is 0 Å². The maximum absolute atomic E-state index is 3.55. The molecule has 0 nitrogen and oxygen atoms in total. The fourth-order valence-corrected chi connectivity index (χ4v) is 2.96. The lowest BCUT2D eigenvalue weighted by Crippen LogP contribution is -2.18. The minimum Gasteiger partial charge on any atom is -0.0648 e. The zero-order valence-electron chi connectivity index (χ0n) is 8.94. The zero-order chi connectivity index (χ0) is 10.2. The van der Waals surface area contributed by atoms with Gasteiger partial charge in [-0.1, -0.05) is 35.8 Å². The van der Waals surface area contributed by atoms with Gasteiger partial charge in [-0.25, -0.2) is 0 Å². The van der Waals surface area contributed by atoms with Crippen molar-refractivity contribution in [3.63, 3.8) is 0 Å². The van der Waals surface area contributed by atoms with E-state index >= 15 is 0 Å². The smallest absolute Gasteiger partial charge is 0.0178 e. The van der Waals surface area contributed by atoms with Crippen LogP contribution in [0, 0.1) is 5.41 Å². The van der Waals surface area contributed by atoms with Crippen LogP contribution in [0.15, 0.2) is 22.7 Å². The maximum atomic E-state index is 3.55. The average Bonchev–Trinajstić information content (AvgIpc) is 2.56. The molecule has 1 aromatic rings. The Bertz CT molecular complexity index is 337. The van der Waals surface area contributed by atoms with Gasteiger partial charge in [0.05, 0.1) is 0 Å². The highest BCUT2D eigenvalue weighted by molar-refractivity contribution is 9.10. The molecule has 0 spiro atoms. The molecule has 1 aliphatic carbocycles. The molecule has 0 aliphatic heterocycles. The predicted octanol–water partition coefficient (Wildman–Crippen LogP) is 4.35. The number of hydrogen-bond donors (Lipinski definition) is 0. The third-order valence-electron chi connectivity index (χ3n) is 3.80. The van der Waals surface area contributed by atoms with Gasteiger partial charge in [0.1, 0.15) is 0 Å². The van der Waals surface area contributed by atoms with Crippen LogP contribution in [-0.4, -0.2) is 0 Å². The van der Waals surface area contributed by atoms with E-state index in [1.807, 2.05) is 0 Å². The van der Waals surface area contributed by atoms with E-state index in [4.69, 9.17) is 0 Å². The predicted molar refractivity (Wildman–Crippen MR) is 64.6 cm³/mol. The Morgan fingerprint density at radius 2 is 1.79 bits per heavy atom. The van der Waals surface area contributed by atoms with E-state index in [0.717, 1.165) is 0 Å². The van der Waals surface area contributed by atoms with Crippen molar-refractivity contribution in [3.8, 4) is 0 Å². The van der Waals surface area contributed by atoms with Crippen molar-refractivity contribution in [2.45, 2.75) is 39.5 Å².